The number of aryl methyl sites for hydroxylation is 3. The summed E-state index contributed by atoms with van der Waals surface area (Å²) in [7, 11) is 0. The van der Waals surface area contributed by atoms with Gasteiger partial charge in [0, 0.05) is 13.1 Å². The third kappa shape index (κ3) is 2.68. The molecular formula is C19H21N3OS. The van der Waals surface area contributed by atoms with Crippen LogP contribution in [0.1, 0.15) is 28.6 Å². The summed E-state index contributed by atoms with van der Waals surface area (Å²) in [6.07, 6.45) is 0.0872. The molecule has 0 spiro atoms. The molecule has 1 fully saturated rings. The number of benzene rings is 1. The maximum absolute atomic E-state index is 6.07. The summed E-state index contributed by atoms with van der Waals surface area (Å²) in [5.74, 6) is 1.89. The molecule has 3 aromatic rings. The van der Waals surface area contributed by atoms with Crippen LogP contribution in [0.2, 0.25) is 0 Å². The average Bonchev–Trinajstić information content (AvgIpc) is 2.95. The SMILES string of the molecule is Cc1nc(N2CCOC(c3ccccc3C)C2)c2c(C)csc2n1. The number of thiophene rings is 1. The summed E-state index contributed by atoms with van der Waals surface area (Å²) in [5, 5.41) is 3.36. The van der Waals surface area contributed by atoms with Gasteiger partial charge in [0.1, 0.15) is 22.6 Å². The molecule has 0 bridgehead atoms. The first-order chi connectivity index (χ1) is 11.6. The van der Waals surface area contributed by atoms with Crippen molar-refractivity contribution in [3.63, 3.8) is 0 Å². The van der Waals surface area contributed by atoms with Crippen molar-refractivity contribution in [2.45, 2.75) is 26.9 Å². The van der Waals surface area contributed by atoms with Crippen molar-refractivity contribution in [1.29, 1.82) is 0 Å². The van der Waals surface area contributed by atoms with Gasteiger partial charge < -0.3 is 9.64 Å². The van der Waals surface area contributed by atoms with E-state index in [1.54, 1.807) is 11.3 Å². The summed E-state index contributed by atoms with van der Waals surface area (Å²) in [5.41, 5.74) is 3.80. The minimum atomic E-state index is 0.0872. The molecule has 0 amide bonds. The largest absolute Gasteiger partial charge is 0.370 e. The lowest BCUT2D eigenvalue weighted by Crippen LogP contribution is -2.39. The van der Waals surface area contributed by atoms with Crippen molar-refractivity contribution in [1.82, 2.24) is 9.97 Å². The molecule has 0 N–H and O–H groups in total. The fraction of sp³-hybridized carbons (Fsp3) is 0.368. The van der Waals surface area contributed by atoms with E-state index in [4.69, 9.17) is 9.72 Å². The molecule has 0 saturated carbocycles. The Labute approximate surface area is 146 Å². The highest BCUT2D eigenvalue weighted by atomic mass is 32.1. The van der Waals surface area contributed by atoms with Gasteiger partial charge in [0.15, 0.2) is 0 Å². The molecule has 0 radical (unpaired) electrons. The lowest BCUT2D eigenvalue weighted by atomic mass is 10.0. The zero-order valence-electron chi connectivity index (χ0n) is 14.2. The molecule has 1 aromatic carbocycles. The number of hydrogen-bond donors (Lipinski definition) is 0. The topological polar surface area (TPSA) is 38.2 Å². The molecule has 1 saturated heterocycles. The Bertz CT molecular complexity index is 889. The van der Waals surface area contributed by atoms with Gasteiger partial charge in [-0.05, 0) is 42.8 Å². The van der Waals surface area contributed by atoms with Crippen molar-refractivity contribution in [3.05, 3.63) is 52.2 Å². The first-order valence-electron chi connectivity index (χ1n) is 8.28. The summed E-state index contributed by atoms with van der Waals surface area (Å²) in [4.78, 5) is 12.8. The van der Waals surface area contributed by atoms with Crippen LogP contribution >= 0.6 is 11.3 Å². The number of rotatable bonds is 2. The van der Waals surface area contributed by atoms with Crippen LogP contribution in [0.5, 0.6) is 0 Å². The Morgan fingerprint density at radius 2 is 1.96 bits per heavy atom. The van der Waals surface area contributed by atoms with E-state index in [0.29, 0.717) is 6.61 Å². The zero-order chi connectivity index (χ0) is 16.7. The van der Waals surface area contributed by atoms with E-state index < -0.39 is 0 Å². The Hall–Kier alpha value is -1.98. The molecule has 5 heteroatoms. The van der Waals surface area contributed by atoms with Crippen LogP contribution in [0, 0.1) is 20.8 Å². The molecule has 1 unspecified atom stereocenters. The highest BCUT2D eigenvalue weighted by Crippen LogP contribution is 2.34. The third-order valence-corrected chi connectivity index (χ3v) is 5.60. The molecule has 0 aliphatic carbocycles. The average molecular weight is 339 g/mol. The number of anilines is 1. The van der Waals surface area contributed by atoms with Gasteiger partial charge in [-0.15, -0.1) is 11.3 Å². The van der Waals surface area contributed by atoms with Crippen LogP contribution in [0.4, 0.5) is 5.82 Å². The molecule has 4 rings (SSSR count). The van der Waals surface area contributed by atoms with Gasteiger partial charge in [-0.1, -0.05) is 24.3 Å². The molecule has 2 aromatic heterocycles. The van der Waals surface area contributed by atoms with E-state index in [1.165, 1.54) is 22.1 Å². The second kappa shape index (κ2) is 6.15. The van der Waals surface area contributed by atoms with Gasteiger partial charge in [-0.3, -0.25) is 0 Å². The standard InChI is InChI=1S/C19H21N3OS/c1-12-6-4-5-7-15(12)16-10-22(8-9-23-16)18-17-13(2)11-24-19(17)21-14(3)20-18/h4-7,11,16H,8-10H2,1-3H3. The van der Waals surface area contributed by atoms with Crippen LogP contribution in [-0.2, 0) is 4.74 Å². The highest BCUT2D eigenvalue weighted by Gasteiger charge is 2.26. The molecule has 24 heavy (non-hydrogen) atoms. The Morgan fingerprint density at radius 3 is 2.79 bits per heavy atom. The molecule has 124 valence electrons. The van der Waals surface area contributed by atoms with Crippen molar-refractivity contribution >= 4 is 27.4 Å². The predicted octanol–water partition coefficient (Wildman–Crippen LogP) is 4.19. The minimum Gasteiger partial charge on any atom is -0.370 e. The second-order valence-corrected chi connectivity index (χ2v) is 7.21. The van der Waals surface area contributed by atoms with E-state index in [-0.39, 0.29) is 6.10 Å². The lowest BCUT2D eigenvalue weighted by Gasteiger charge is -2.35. The van der Waals surface area contributed by atoms with E-state index in [2.05, 4.69) is 53.4 Å². The number of morpholine rings is 1. The normalized spacial score (nSPS) is 18.3. The van der Waals surface area contributed by atoms with Crippen molar-refractivity contribution in [3.8, 4) is 0 Å². The Kier molecular flexibility index (Phi) is 3.98. The van der Waals surface area contributed by atoms with Crippen molar-refractivity contribution in [2.24, 2.45) is 0 Å². The molecule has 1 aliphatic heterocycles. The van der Waals surface area contributed by atoms with Crippen LogP contribution in [0.3, 0.4) is 0 Å². The number of ether oxygens (including phenoxy) is 1. The van der Waals surface area contributed by atoms with Crippen LogP contribution in [0.25, 0.3) is 10.2 Å². The van der Waals surface area contributed by atoms with Gasteiger partial charge >= 0.3 is 0 Å². The van der Waals surface area contributed by atoms with E-state index in [9.17, 15) is 0 Å². The summed E-state index contributed by atoms with van der Waals surface area (Å²) >= 11 is 1.70. The maximum atomic E-state index is 6.07. The molecule has 1 atom stereocenters. The van der Waals surface area contributed by atoms with Gasteiger partial charge in [0.05, 0.1) is 12.0 Å². The fourth-order valence-electron chi connectivity index (χ4n) is 3.37. The number of fused-ring (bicyclic) bond motifs is 1. The number of nitrogens with zero attached hydrogens (tertiary/aromatic N) is 3. The van der Waals surface area contributed by atoms with Gasteiger partial charge in [-0.2, -0.15) is 0 Å². The number of aromatic nitrogens is 2. The molecular weight excluding hydrogens is 318 g/mol. The zero-order valence-corrected chi connectivity index (χ0v) is 15.1. The lowest BCUT2D eigenvalue weighted by molar-refractivity contribution is 0.0392. The van der Waals surface area contributed by atoms with Crippen LogP contribution in [0.15, 0.2) is 29.6 Å². The minimum absolute atomic E-state index is 0.0872. The quantitative estimate of drug-likeness (QED) is 0.701. The highest BCUT2D eigenvalue weighted by molar-refractivity contribution is 7.17. The molecule has 1 aliphatic rings. The monoisotopic (exact) mass is 339 g/mol. The van der Waals surface area contributed by atoms with Crippen LogP contribution < -0.4 is 4.90 Å². The maximum Gasteiger partial charge on any atom is 0.141 e. The van der Waals surface area contributed by atoms with E-state index >= 15 is 0 Å². The fourth-order valence-corrected chi connectivity index (χ4v) is 4.33. The Morgan fingerprint density at radius 1 is 1.12 bits per heavy atom. The summed E-state index contributed by atoms with van der Waals surface area (Å²) in [6.45, 7) is 8.66. The number of hydrogen-bond acceptors (Lipinski definition) is 5. The molecule has 4 nitrogen and oxygen atoms in total. The second-order valence-electron chi connectivity index (χ2n) is 6.36. The van der Waals surface area contributed by atoms with E-state index in [0.717, 1.165) is 29.6 Å². The first kappa shape index (κ1) is 15.5. The Balaban J connectivity index is 1.72. The van der Waals surface area contributed by atoms with Crippen LogP contribution in [-0.4, -0.2) is 29.7 Å². The molecule has 3 heterocycles. The third-order valence-electron chi connectivity index (χ3n) is 4.61. The predicted molar refractivity (Wildman–Crippen MR) is 99.0 cm³/mol. The van der Waals surface area contributed by atoms with Gasteiger partial charge in [0.25, 0.3) is 0 Å². The van der Waals surface area contributed by atoms with Crippen molar-refractivity contribution in [2.75, 3.05) is 24.6 Å². The smallest absolute Gasteiger partial charge is 0.141 e. The van der Waals surface area contributed by atoms with Crippen molar-refractivity contribution < 1.29 is 4.74 Å². The summed E-state index contributed by atoms with van der Waals surface area (Å²) < 4.78 is 6.07. The van der Waals surface area contributed by atoms with Gasteiger partial charge in [-0.25, -0.2) is 9.97 Å². The first-order valence-corrected chi connectivity index (χ1v) is 9.16. The summed E-state index contributed by atoms with van der Waals surface area (Å²) in [6, 6.07) is 8.47. The van der Waals surface area contributed by atoms with Gasteiger partial charge in [0.2, 0.25) is 0 Å². The van der Waals surface area contributed by atoms with E-state index in [1.807, 2.05) is 6.92 Å².